The molecule has 0 aromatic heterocycles. The van der Waals surface area contributed by atoms with Crippen LogP contribution in [0.2, 0.25) is 0 Å². The number of hydrogen-bond donors (Lipinski definition) is 0. The molecule has 0 N–H and O–H groups in total. The minimum Gasteiger partial charge on any atom is -0.356 e. The van der Waals surface area contributed by atoms with Gasteiger partial charge in [0.1, 0.15) is 5.60 Å². The Morgan fingerprint density at radius 1 is 1.24 bits per heavy atom. The van der Waals surface area contributed by atoms with Crippen molar-refractivity contribution in [2.24, 2.45) is 0 Å². The number of hydrogen-bond acceptors (Lipinski definition) is 2. The van der Waals surface area contributed by atoms with Gasteiger partial charge in [-0.1, -0.05) is 35.8 Å². The summed E-state index contributed by atoms with van der Waals surface area (Å²) in [6.45, 7) is 9.95. The molecule has 1 atom stereocenters. The fraction of sp³-hybridized carbons (Fsp3) is 0.500. The molecule has 1 aromatic carbocycles. The van der Waals surface area contributed by atoms with Gasteiger partial charge < -0.3 is 4.74 Å². The van der Waals surface area contributed by atoms with Gasteiger partial charge in [0, 0.05) is 10.0 Å². The number of ether oxygens (including phenoxy) is 1. The van der Waals surface area contributed by atoms with Crippen LogP contribution in [0.1, 0.15) is 52.2 Å². The van der Waals surface area contributed by atoms with Crippen molar-refractivity contribution in [3.63, 3.8) is 0 Å². The van der Waals surface area contributed by atoms with Gasteiger partial charge in [-0.05, 0) is 62.9 Å². The molecule has 3 heteroatoms. The Morgan fingerprint density at radius 2 is 1.90 bits per heavy atom. The van der Waals surface area contributed by atoms with Crippen LogP contribution in [-0.4, -0.2) is 17.0 Å². The van der Waals surface area contributed by atoms with Gasteiger partial charge >= 0.3 is 0 Å². The number of halogens is 1. The summed E-state index contributed by atoms with van der Waals surface area (Å²) < 4.78 is 7.12. The minimum absolute atomic E-state index is 0.111. The number of benzene rings is 1. The van der Waals surface area contributed by atoms with E-state index in [-0.39, 0.29) is 5.78 Å². The van der Waals surface area contributed by atoms with Crippen LogP contribution >= 0.6 is 15.9 Å². The van der Waals surface area contributed by atoms with Gasteiger partial charge in [0.2, 0.25) is 0 Å². The molecular formula is C18H23BrO2. The Balaban J connectivity index is 2.52. The van der Waals surface area contributed by atoms with Gasteiger partial charge in [-0.2, -0.15) is 0 Å². The van der Waals surface area contributed by atoms with Gasteiger partial charge in [-0.3, -0.25) is 4.79 Å². The van der Waals surface area contributed by atoms with Gasteiger partial charge in [-0.25, -0.2) is 0 Å². The summed E-state index contributed by atoms with van der Waals surface area (Å²) in [5.41, 5.74) is 1.85. The van der Waals surface area contributed by atoms with E-state index in [1.54, 1.807) is 0 Å². The van der Waals surface area contributed by atoms with E-state index in [9.17, 15) is 4.79 Å². The first kappa shape index (κ1) is 16.4. The highest BCUT2D eigenvalue weighted by molar-refractivity contribution is 9.10. The predicted octanol–water partition coefficient (Wildman–Crippen LogP) is 4.94. The molecule has 21 heavy (non-hydrogen) atoms. The Hall–Kier alpha value is -0.930. The summed E-state index contributed by atoms with van der Waals surface area (Å²) in [5, 5.41) is 0. The van der Waals surface area contributed by atoms with Crippen LogP contribution in [0.25, 0.3) is 6.08 Å². The number of Topliss-reactive ketones (excluding diaryl/α,β-unsaturated/α-hetero) is 1. The predicted molar refractivity (Wildman–Crippen MR) is 90.4 cm³/mol. The first-order valence-corrected chi connectivity index (χ1v) is 8.28. The Morgan fingerprint density at radius 3 is 2.43 bits per heavy atom. The van der Waals surface area contributed by atoms with E-state index < -0.39 is 11.2 Å². The second kappa shape index (κ2) is 5.69. The van der Waals surface area contributed by atoms with E-state index in [4.69, 9.17) is 4.74 Å². The Bertz CT molecular complexity index is 601. The zero-order valence-corrected chi connectivity index (χ0v) is 15.0. The molecule has 1 unspecified atom stereocenters. The molecule has 2 rings (SSSR count). The molecule has 0 spiro atoms. The highest BCUT2D eigenvalue weighted by Crippen LogP contribution is 2.41. The molecular weight excluding hydrogens is 328 g/mol. The van der Waals surface area contributed by atoms with Crippen LogP contribution in [0.5, 0.6) is 0 Å². The van der Waals surface area contributed by atoms with Crippen molar-refractivity contribution in [2.45, 2.75) is 58.7 Å². The minimum atomic E-state index is -0.697. The first-order chi connectivity index (χ1) is 9.73. The molecule has 0 aliphatic carbocycles. The van der Waals surface area contributed by atoms with Crippen molar-refractivity contribution < 1.29 is 9.53 Å². The van der Waals surface area contributed by atoms with Gasteiger partial charge in [-0.15, -0.1) is 0 Å². The molecule has 1 aliphatic rings. The summed E-state index contributed by atoms with van der Waals surface area (Å²) in [5.74, 6) is 0.111. The summed E-state index contributed by atoms with van der Waals surface area (Å²) in [4.78, 5) is 12.7. The smallest absolute Gasteiger partial charge is 0.193 e. The van der Waals surface area contributed by atoms with E-state index in [0.29, 0.717) is 6.42 Å². The normalized spacial score (nSPS) is 26.6. The Kier molecular flexibility index (Phi) is 4.46. The number of ketones is 1. The van der Waals surface area contributed by atoms with E-state index in [0.717, 1.165) is 22.0 Å². The van der Waals surface area contributed by atoms with Crippen LogP contribution in [0, 0.1) is 0 Å². The second-order valence-corrected chi connectivity index (χ2v) is 7.20. The molecule has 2 nitrogen and oxygen atoms in total. The number of carbonyl (C=O) groups is 1. The van der Waals surface area contributed by atoms with Gasteiger partial charge in [0.05, 0.1) is 5.60 Å². The molecule has 0 radical (unpaired) electrons. The molecule has 0 bridgehead atoms. The monoisotopic (exact) mass is 350 g/mol. The van der Waals surface area contributed by atoms with Crippen molar-refractivity contribution in [1.82, 2.24) is 0 Å². The lowest BCUT2D eigenvalue weighted by molar-refractivity contribution is -0.135. The molecule has 114 valence electrons. The highest BCUT2D eigenvalue weighted by Gasteiger charge is 2.50. The summed E-state index contributed by atoms with van der Waals surface area (Å²) >= 11 is 3.50. The fourth-order valence-electron chi connectivity index (χ4n) is 2.87. The average molecular weight is 351 g/mol. The van der Waals surface area contributed by atoms with Crippen LogP contribution in [-0.2, 0) is 16.0 Å². The number of carbonyl (C=O) groups excluding carboxylic acids is 1. The summed E-state index contributed by atoms with van der Waals surface area (Å²) in [7, 11) is 0. The quantitative estimate of drug-likeness (QED) is 0.721. The third-order valence-electron chi connectivity index (χ3n) is 4.31. The second-order valence-electron chi connectivity index (χ2n) is 6.28. The van der Waals surface area contributed by atoms with Crippen LogP contribution in [0.3, 0.4) is 0 Å². The maximum atomic E-state index is 12.7. The number of aryl methyl sites for hydroxylation is 1. The largest absolute Gasteiger partial charge is 0.356 e. The Labute approximate surface area is 135 Å². The summed E-state index contributed by atoms with van der Waals surface area (Å²) in [6.07, 6.45) is 3.63. The molecule has 0 amide bonds. The van der Waals surface area contributed by atoms with Crippen molar-refractivity contribution in [3.05, 3.63) is 39.4 Å². The van der Waals surface area contributed by atoms with Gasteiger partial charge in [0.25, 0.3) is 0 Å². The lowest BCUT2D eigenvalue weighted by Gasteiger charge is -2.24. The topological polar surface area (TPSA) is 26.3 Å². The zero-order valence-electron chi connectivity index (χ0n) is 13.4. The SMILES string of the molecule is CCc1cc(Br)ccc1C=C1C(=O)C(C)(CC)OC1(C)C. The van der Waals surface area contributed by atoms with Gasteiger partial charge in [0.15, 0.2) is 5.78 Å². The van der Waals surface area contributed by atoms with Crippen molar-refractivity contribution in [3.8, 4) is 0 Å². The van der Waals surface area contributed by atoms with Crippen molar-refractivity contribution in [2.75, 3.05) is 0 Å². The average Bonchev–Trinajstić information content (AvgIpc) is 2.60. The lowest BCUT2D eigenvalue weighted by atomic mass is 9.88. The molecule has 1 aromatic rings. The highest BCUT2D eigenvalue weighted by atomic mass is 79.9. The third-order valence-corrected chi connectivity index (χ3v) is 4.81. The first-order valence-electron chi connectivity index (χ1n) is 7.49. The molecule has 1 saturated heterocycles. The van der Waals surface area contributed by atoms with Crippen LogP contribution in [0.4, 0.5) is 0 Å². The third kappa shape index (κ3) is 3.00. The number of rotatable bonds is 3. The molecule has 1 heterocycles. The van der Waals surface area contributed by atoms with E-state index >= 15 is 0 Å². The molecule has 0 saturated carbocycles. The van der Waals surface area contributed by atoms with E-state index in [1.165, 1.54) is 5.56 Å². The van der Waals surface area contributed by atoms with Crippen molar-refractivity contribution in [1.29, 1.82) is 0 Å². The lowest BCUT2D eigenvalue weighted by Crippen LogP contribution is -2.32. The maximum Gasteiger partial charge on any atom is 0.193 e. The maximum absolute atomic E-state index is 12.7. The zero-order chi connectivity index (χ0) is 15.8. The van der Waals surface area contributed by atoms with Crippen molar-refractivity contribution >= 4 is 27.8 Å². The molecule has 1 aliphatic heterocycles. The fourth-order valence-corrected chi connectivity index (χ4v) is 3.28. The van der Waals surface area contributed by atoms with E-state index in [1.807, 2.05) is 39.8 Å². The summed E-state index contributed by atoms with van der Waals surface area (Å²) in [6, 6.07) is 6.18. The van der Waals surface area contributed by atoms with Crippen LogP contribution in [0.15, 0.2) is 28.2 Å². The van der Waals surface area contributed by atoms with Crippen LogP contribution < -0.4 is 0 Å². The van der Waals surface area contributed by atoms with E-state index in [2.05, 4.69) is 35.0 Å². The molecule has 1 fully saturated rings. The standard InChI is InChI=1S/C18H23BrO2/c1-6-12-10-14(19)9-8-13(12)11-15-16(20)18(5,7-2)21-17(15,3)4/h8-11H,6-7H2,1-5H3.